The van der Waals surface area contributed by atoms with Gasteiger partial charge in [-0.3, -0.25) is 9.89 Å². The second-order valence-corrected chi connectivity index (χ2v) is 7.60. The van der Waals surface area contributed by atoms with Crippen molar-refractivity contribution in [3.8, 4) is 0 Å². The number of amides is 1. The van der Waals surface area contributed by atoms with Gasteiger partial charge >= 0.3 is 0 Å². The van der Waals surface area contributed by atoms with E-state index in [9.17, 15) is 9.18 Å². The van der Waals surface area contributed by atoms with Crippen molar-refractivity contribution < 1.29 is 9.18 Å². The molecular formula is C19H25FN6O. The summed E-state index contributed by atoms with van der Waals surface area (Å²) in [6, 6.07) is 2.51. The van der Waals surface area contributed by atoms with Crippen molar-refractivity contribution in [2.24, 2.45) is 5.73 Å². The molecule has 3 N–H and O–H groups in total. The topological polar surface area (TPSA) is 82.7 Å². The van der Waals surface area contributed by atoms with Crippen molar-refractivity contribution in [3.05, 3.63) is 35.3 Å². The average molecular weight is 372 g/mol. The zero-order chi connectivity index (χ0) is 19.1. The smallest absolute Gasteiger partial charge is 0.251 e. The summed E-state index contributed by atoms with van der Waals surface area (Å²) in [5, 5.41) is 3.18. The van der Waals surface area contributed by atoms with Crippen molar-refractivity contribution >= 4 is 22.6 Å². The van der Waals surface area contributed by atoms with Gasteiger partial charge in [0, 0.05) is 30.9 Å². The molecule has 0 unspecified atom stereocenters. The predicted octanol–water partition coefficient (Wildman–Crippen LogP) is 1.79. The molecule has 3 aromatic rings. The molecule has 2 aromatic heterocycles. The number of rotatable bonds is 5. The Balaban J connectivity index is 1.63. The molecule has 0 bridgehead atoms. The number of carbonyl (C=O) groups excluding carboxylic acids is 1. The Bertz CT molecular complexity index is 983. The van der Waals surface area contributed by atoms with E-state index >= 15 is 0 Å². The van der Waals surface area contributed by atoms with Crippen LogP contribution in [0.3, 0.4) is 0 Å². The first kappa shape index (κ1) is 17.9. The van der Waals surface area contributed by atoms with Gasteiger partial charge in [-0.05, 0) is 52.0 Å². The number of H-pyrrole nitrogens is 1. The maximum absolute atomic E-state index is 13.8. The molecule has 0 saturated carbocycles. The number of likely N-dealkylation sites (tertiary alicyclic amines) is 1. The molecule has 0 aliphatic carbocycles. The number of benzene rings is 1. The van der Waals surface area contributed by atoms with Gasteiger partial charge in [0.1, 0.15) is 11.3 Å². The number of fused-ring (bicyclic) bond motifs is 3. The Labute approximate surface area is 156 Å². The van der Waals surface area contributed by atoms with E-state index in [1.165, 1.54) is 12.1 Å². The van der Waals surface area contributed by atoms with Crippen LogP contribution in [0.4, 0.5) is 4.39 Å². The van der Waals surface area contributed by atoms with E-state index < -0.39 is 11.7 Å². The number of hydrogen-bond acceptors (Lipinski definition) is 4. The van der Waals surface area contributed by atoms with Gasteiger partial charge < -0.3 is 15.5 Å². The van der Waals surface area contributed by atoms with Crippen molar-refractivity contribution in [2.45, 2.75) is 18.8 Å². The minimum atomic E-state index is -0.661. The molecule has 1 saturated heterocycles. The fourth-order valence-corrected chi connectivity index (χ4v) is 3.99. The number of nitrogens with two attached hydrogens (primary N) is 1. The van der Waals surface area contributed by atoms with E-state index in [1.807, 2.05) is 6.20 Å². The molecule has 4 rings (SSSR count). The summed E-state index contributed by atoms with van der Waals surface area (Å²) < 4.78 is 15.6. The van der Waals surface area contributed by atoms with Crippen LogP contribution in [0.2, 0.25) is 0 Å². The van der Waals surface area contributed by atoms with Crippen LogP contribution in [0.1, 0.15) is 34.7 Å². The third-order valence-corrected chi connectivity index (χ3v) is 5.48. The van der Waals surface area contributed by atoms with Crippen molar-refractivity contribution in [3.63, 3.8) is 0 Å². The van der Waals surface area contributed by atoms with Gasteiger partial charge in [-0.2, -0.15) is 0 Å². The van der Waals surface area contributed by atoms with E-state index in [-0.39, 0.29) is 5.56 Å². The lowest BCUT2D eigenvalue weighted by molar-refractivity contribution is 0.100. The van der Waals surface area contributed by atoms with Crippen molar-refractivity contribution in [2.75, 3.05) is 40.3 Å². The Morgan fingerprint density at radius 1 is 1.37 bits per heavy atom. The second kappa shape index (κ2) is 6.94. The van der Waals surface area contributed by atoms with Gasteiger partial charge in [0.2, 0.25) is 0 Å². The number of likely N-dealkylation sites (N-methyl/N-ethyl adjacent to an activating group) is 1. The molecule has 27 heavy (non-hydrogen) atoms. The summed E-state index contributed by atoms with van der Waals surface area (Å²) in [5.41, 5.74) is 8.44. The minimum Gasteiger partial charge on any atom is -0.366 e. The molecule has 1 aliphatic heterocycles. The Kier molecular flexibility index (Phi) is 4.61. The third-order valence-electron chi connectivity index (χ3n) is 5.48. The van der Waals surface area contributed by atoms with E-state index in [0.29, 0.717) is 17.0 Å². The van der Waals surface area contributed by atoms with Gasteiger partial charge in [0.05, 0.1) is 11.1 Å². The molecular weight excluding hydrogens is 347 g/mol. The molecule has 8 heteroatoms. The molecule has 0 spiro atoms. The van der Waals surface area contributed by atoms with Crippen LogP contribution in [0.5, 0.6) is 0 Å². The molecule has 3 heterocycles. The largest absolute Gasteiger partial charge is 0.366 e. The zero-order valence-corrected chi connectivity index (χ0v) is 15.7. The number of piperidine rings is 1. The first-order chi connectivity index (χ1) is 12.9. The van der Waals surface area contributed by atoms with Crippen LogP contribution in [-0.2, 0) is 0 Å². The van der Waals surface area contributed by atoms with Gasteiger partial charge in [-0.1, -0.05) is 0 Å². The minimum absolute atomic E-state index is 0.143. The van der Waals surface area contributed by atoms with E-state index in [0.717, 1.165) is 50.2 Å². The average Bonchev–Trinajstić information content (AvgIpc) is 3.18. The van der Waals surface area contributed by atoms with Crippen LogP contribution < -0.4 is 5.73 Å². The molecule has 1 fully saturated rings. The summed E-state index contributed by atoms with van der Waals surface area (Å²) in [7, 11) is 4.19. The number of imidazole rings is 1. The highest BCUT2D eigenvalue weighted by Crippen LogP contribution is 2.32. The van der Waals surface area contributed by atoms with E-state index in [4.69, 9.17) is 5.73 Å². The van der Waals surface area contributed by atoms with Crippen LogP contribution in [0.25, 0.3) is 16.7 Å². The summed E-state index contributed by atoms with van der Waals surface area (Å²) in [5.74, 6) is -0.771. The SMILES string of the molecule is CN(C)CCN1CCC(c2c[nH]n3c2nc2cc(F)cc(C(N)=O)c23)CC1. The van der Waals surface area contributed by atoms with Crippen LogP contribution in [0, 0.1) is 5.82 Å². The highest BCUT2D eigenvalue weighted by Gasteiger charge is 2.25. The summed E-state index contributed by atoms with van der Waals surface area (Å²) in [4.78, 5) is 21.0. The van der Waals surface area contributed by atoms with Crippen LogP contribution >= 0.6 is 0 Å². The fraction of sp³-hybridized carbons (Fsp3) is 0.474. The molecule has 1 amide bonds. The van der Waals surface area contributed by atoms with E-state index in [1.54, 1.807) is 4.52 Å². The molecule has 0 atom stereocenters. The standard InChI is InChI=1S/C19H25FN6O/c1-24(2)7-8-25-5-3-12(4-6-25)15-11-22-26-17-14(18(21)27)9-13(20)10-16(17)23-19(15)26/h9-12,22H,3-8H2,1-2H3,(H2,21,27). The highest BCUT2D eigenvalue weighted by atomic mass is 19.1. The number of aromatic amines is 1. The first-order valence-corrected chi connectivity index (χ1v) is 9.30. The molecule has 144 valence electrons. The number of halogens is 1. The predicted molar refractivity (Wildman–Crippen MR) is 102 cm³/mol. The quantitative estimate of drug-likeness (QED) is 0.715. The second-order valence-electron chi connectivity index (χ2n) is 7.60. The number of carbonyl (C=O) groups is 1. The number of aromatic nitrogens is 3. The van der Waals surface area contributed by atoms with Crippen LogP contribution in [0.15, 0.2) is 18.3 Å². The maximum atomic E-state index is 13.8. The third kappa shape index (κ3) is 3.30. The lowest BCUT2D eigenvalue weighted by Crippen LogP contribution is -2.37. The monoisotopic (exact) mass is 372 g/mol. The van der Waals surface area contributed by atoms with Gasteiger partial charge in [0.15, 0.2) is 5.65 Å². The maximum Gasteiger partial charge on any atom is 0.251 e. The molecule has 1 aliphatic rings. The van der Waals surface area contributed by atoms with E-state index in [2.05, 4.69) is 34.0 Å². The van der Waals surface area contributed by atoms with Gasteiger partial charge in [0.25, 0.3) is 5.91 Å². The molecule has 7 nitrogen and oxygen atoms in total. The summed E-state index contributed by atoms with van der Waals surface area (Å²) in [6.07, 6.45) is 4.07. The first-order valence-electron chi connectivity index (χ1n) is 9.30. The summed E-state index contributed by atoms with van der Waals surface area (Å²) >= 11 is 0. The number of nitrogens with one attached hydrogen (secondary N) is 1. The number of hydrogen-bond donors (Lipinski definition) is 2. The number of primary amides is 1. The molecule has 1 aromatic carbocycles. The van der Waals surface area contributed by atoms with Gasteiger partial charge in [-0.25, -0.2) is 13.9 Å². The Hall–Kier alpha value is -2.45. The Morgan fingerprint density at radius 3 is 2.78 bits per heavy atom. The lowest BCUT2D eigenvalue weighted by atomic mass is 9.91. The van der Waals surface area contributed by atoms with Crippen molar-refractivity contribution in [1.29, 1.82) is 0 Å². The van der Waals surface area contributed by atoms with Crippen LogP contribution in [-0.4, -0.2) is 70.6 Å². The van der Waals surface area contributed by atoms with Gasteiger partial charge in [-0.15, -0.1) is 0 Å². The fourth-order valence-electron chi connectivity index (χ4n) is 3.99. The highest BCUT2D eigenvalue weighted by molar-refractivity contribution is 6.05. The normalized spacial score (nSPS) is 16.7. The Morgan fingerprint density at radius 2 is 2.11 bits per heavy atom. The zero-order valence-electron chi connectivity index (χ0n) is 15.7. The number of nitrogens with zero attached hydrogens (tertiary/aromatic N) is 4. The molecule has 0 radical (unpaired) electrons. The van der Waals surface area contributed by atoms with Crippen molar-refractivity contribution in [1.82, 2.24) is 24.4 Å². The lowest BCUT2D eigenvalue weighted by Gasteiger charge is -2.32. The summed E-state index contributed by atoms with van der Waals surface area (Å²) in [6.45, 7) is 4.25.